The van der Waals surface area contributed by atoms with Crippen LogP contribution in [0, 0.1) is 6.57 Å². The van der Waals surface area contributed by atoms with Gasteiger partial charge in [-0.05, 0) is 18.2 Å². The van der Waals surface area contributed by atoms with Crippen LogP contribution in [0.15, 0.2) is 54.6 Å². The van der Waals surface area contributed by atoms with E-state index in [1.807, 2.05) is 6.07 Å². The zero-order chi connectivity index (χ0) is 11.8. The van der Waals surface area contributed by atoms with Gasteiger partial charge in [-0.3, -0.25) is 0 Å². The minimum absolute atomic E-state index is 0.0486. The fourth-order valence-corrected chi connectivity index (χ4v) is 0.987. The van der Waals surface area contributed by atoms with Crippen LogP contribution in [0.1, 0.15) is 0 Å². The summed E-state index contributed by atoms with van der Waals surface area (Å²) in [5, 5.41) is 17.5. The van der Waals surface area contributed by atoms with Crippen LogP contribution in [0.4, 0.5) is 5.69 Å². The maximum absolute atomic E-state index is 8.90. The third kappa shape index (κ3) is 3.72. The van der Waals surface area contributed by atoms with Crippen LogP contribution in [0.5, 0.6) is 11.5 Å². The fourth-order valence-electron chi connectivity index (χ4n) is 0.987. The summed E-state index contributed by atoms with van der Waals surface area (Å²) in [6.45, 7) is 6.55. The highest BCUT2D eigenvalue weighted by molar-refractivity contribution is 5.55. The molecule has 0 saturated carbocycles. The topological polar surface area (TPSA) is 44.8 Å². The molecule has 0 bridgehead atoms. The number of phenolic OH excluding ortho intramolecular Hbond substituents is 2. The molecule has 0 atom stereocenters. The van der Waals surface area contributed by atoms with E-state index in [9.17, 15) is 0 Å². The average molecular weight is 213 g/mol. The van der Waals surface area contributed by atoms with Gasteiger partial charge in [0.2, 0.25) is 5.69 Å². The number of phenols is 2. The normalized spacial score (nSPS) is 8.44. The Labute approximate surface area is 94.1 Å². The zero-order valence-corrected chi connectivity index (χ0v) is 8.54. The molecule has 0 aromatic heterocycles. The number of aromatic hydroxyl groups is 2. The van der Waals surface area contributed by atoms with Crippen molar-refractivity contribution in [3.05, 3.63) is 66.0 Å². The molecular weight excluding hydrogens is 202 g/mol. The molecule has 0 fully saturated rings. The molecule has 0 aliphatic heterocycles. The number of hydrogen-bond donors (Lipinski definition) is 2. The molecule has 16 heavy (non-hydrogen) atoms. The summed E-state index contributed by atoms with van der Waals surface area (Å²) in [5.74, 6) is 0.370. The van der Waals surface area contributed by atoms with E-state index in [4.69, 9.17) is 16.8 Å². The van der Waals surface area contributed by atoms with E-state index in [-0.39, 0.29) is 5.75 Å². The SMILES string of the molecule is Oc1ccccc1.[C-]#[N+]c1ccccc1O. The minimum atomic E-state index is 0.0486. The third-order valence-electron chi connectivity index (χ3n) is 1.76. The van der Waals surface area contributed by atoms with E-state index in [0.717, 1.165) is 0 Å². The largest absolute Gasteiger partial charge is 0.519 e. The monoisotopic (exact) mass is 213 g/mol. The molecule has 2 rings (SSSR count). The first-order valence-corrected chi connectivity index (χ1v) is 4.63. The first-order chi connectivity index (χ1) is 7.74. The lowest BCUT2D eigenvalue weighted by atomic mass is 10.3. The summed E-state index contributed by atoms with van der Waals surface area (Å²) in [6, 6.07) is 15.2. The molecule has 0 heterocycles. The van der Waals surface area contributed by atoms with Gasteiger partial charge in [-0.15, -0.1) is 0 Å². The molecule has 0 spiro atoms. The van der Waals surface area contributed by atoms with Crippen molar-refractivity contribution in [2.75, 3.05) is 0 Å². The van der Waals surface area contributed by atoms with Crippen molar-refractivity contribution in [2.45, 2.75) is 0 Å². The predicted molar refractivity (Wildman–Crippen MR) is 62.5 cm³/mol. The van der Waals surface area contributed by atoms with E-state index < -0.39 is 0 Å². The van der Waals surface area contributed by atoms with Crippen molar-refractivity contribution < 1.29 is 10.2 Å². The number of nitrogens with zero attached hydrogens (tertiary/aromatic N) is 1. The van der Waals surface area contributed by atoms with Crippen molar-refractivity contribution in [1.29, 1.82) is 0 Å². The zero-order valence-electron chi connectivity index (χ0n) is 8.54. The molecule has 80 valence electrons. The van der Waals surface area contributed by atoms with Crippen molar-refractivity contribution in [3.63, 3.8) is 0 Å². The molecule has 0 unspecified atom stereocenters. The second kappa shape index (κ2) is 6.10. The molecule has 0 aliphatic carbocycles. The Balaban J connectivity index is 0.000000165. The van der Waals surface area contributed by atoms with Gasteiger partial charge in [-0.2, -0.15) is 0 Å². The van der Waals surface area contributed by atoms with Crippen molar-refractivity contribution in [1.82, 2.24) is 0 Å². The van der Waals surface area contributed by atoms with Gasteiger partial charge in [0.25, 0.3) is 0 Å². The summed E-state index contributed by atoms with van der Waals surface area (Å²) in [7, 11) is 0. The van der Waals surface area contributed by atoms with Crippen LogP contribution < -0.4 is 0 Å². The van der Waals surface area contributed by atoms with Crippen LogP contribution in [0.3, 0.4) is 0 Å². The third-order valence-corrected chi connectivity index (χ3v) is 1.76. The molecular formula is C13H11NO2. The van der Waals surface area contributed by atoms with Crippen LogP contribution in [-0.2, 0) is 0 Å². The van der Waals surface area contributed by atoms with Crippen LogP contribution >= 0.6 is 0 Å². The number of para-hydroxylation sites is 3. The second-order valence-corrected chi connectivity index (χ2v) is 2.94. The Kier molecular flexibility index (Phi) is 4.42. The summed E-state index contributed by atoms with van der Waals surface area (Å²) in [5.41, 5.74) is 0.303. The number of rotatable bonds is 0. The van der Waals surface area contributed by atoms with Gasteiger partial charge in [-0.25, -0.2) is 4.85 Å². The molecule has 2 N–H and O–H groups in total. The van der Waals surface area contributed by atoms with Crippen molar-refractivity contribution >= 4 is 5.69 Å². The number of benzene rings is 2. The Morgan fingerprint density at radius 3 is 1.75 bits per heavy atom. The van der Waals surface area contributed by atoms with Crippen LogP contribution in [0.25, 0.3) is 4.85 Å². The Hall–Kier alpha value is -2.47. The molecule has 0 aliphatic rings. The average Bonchev–Trinajstić information content (AvgIpc) is 2.31. The molecule has 3 nitrogen and oxygen atoms in total. The summed E-state index contributed by atoms with van der Waals surface area (Å²) >= 11 is 0. The fraction of sp³-hybridized carbons (Fsp3) is 0. The van der Waals surface area contributed by atoms with Gasteiger partial charge in [0, 0.05) is 0 Å². The second-order valence-electron chi connectivity index (χ2n) is 2.94. The molecule has 2 aromatic rings. The molecule has 2 aromatic carbocycles. The molecule has 0 saturated heterocycles. The summed E-state index contributed by atoms with van der Waals surface area (Å²) < 4.78 is 0. The van der Waals surface area contributed by atoms with Crippen molar-refractivity contribution in [2.24, 2.45) is 0 Å². The smallest absolute Gasteiger partial charge is 0.227 e. The highest BCUT2D eigenvalue weighted by Crippen LogP contribution is 2.24. The van der Waals surface area contributed by atoms with E-state index in [2.05, 4.69) is 4.85 Å². The van der Waals surface area contributed by atoms with Crippen LogP contribution in [-0.4, -0.2) is 10.2 Å². The van der Waals surface area contributed by atoms with E-state index in [0.29, 0.717) is 11.4 Å². The van der Waals surface area contributed by atoms with Crippen molar-refractivity contribution in [3.8, 4) is 11.5 Å². The molecule has 3 heteroatoms. The van der Waals surface area contributed by atoms with E-state index in [1.165, 1.54) is 6.07 Å². The van der Waals surface area contributed by atoms with Gasteiger partial charge in [0.15, 0.2) is 0 Å². The van der Waals surface area contributed by atoms with Gasteiger partial charge < -0.3 is 10.2 Å². The Morgan fingerprint density at radius 1 is 0.812 bits per heavy atom. The first-order valence-electron chi connectivity index (χ1n) is 4.63. The summed E-state index contributed by atoms with van der Waals surface area (Å²) in [4.78, 5) is 3.07. The number of hydrogen-bond acceptors (Lipinski definition) is 2. The highest BCUT2D eigenvalue weighted by atomic mass is 16.3. The first kappa shape index (κ1) is 11.6. The maximum Gasteiger partial charge on any atom is 0.227 e. The quantitative estimate of drug-likeness (QED) is 0.659. The van der Waals surface area contributed by atoms with Gasteiger partial charge >= 0.3 is 0 Å². The minimum Gasteiger partial charge on any atom is -0.519 e. The van der Waals surface area contributed by atoms with Crippen LogP contribution in [0.2, 0.25) is 0 Å². The van der Waals surface area contributed by atoms with E-state index >= 15 is 0 Å². The summed E-state index contributed by atoms with van der Waals surface area (Å²) in [6.07, 6.45) is 0. The van der Waals surface area contributed by atoms with Gasteiger partial charge in [0.05, 0.1) is 6.57 Å². The Bertz CT molecular complexity index is 475. The lowest BCUT2D eigenvalue weighted by molar-refractivity contribution is 0.475. The lowest BCUT2D eigenvalue weighted by Gasteiger charge is -1.90. The maximum atomic E-state index is 8.90. The lowest BCUT2D eigenvalue weighted by Crippen LogP contribution is -1.61. The molecule has 0 radical (unpaired) electrons. The van der Waals surface area contributed by atoms with Gasteiger partial charge in [-0.1, -0.05) is 36.4 Å². The Morgan fingerprint density at radius 2 is 1.38 bits per heavy atom. The van der Waals surface area contributed by atoms with E-state index in [1.54, 1.807) is 42.5 Å². The highest BCUT2D eigenvalue weighted by Gasteiger charge is 1.93. The molecule has 0 amide bonds. The van der Waals surface area contributed by atoms with Gasteiger partial charge in [0.1, 0.15) is 11.5 Å². The standard InChI is InChI=1S/C7H5NO.C6H6O/c1-8-6-4-2-3-5-7(6)9;7-6-4-2-1-3-5-6/h2-5,9H;1-5,7H. The predicted octanol–water partition coefficient (Wildman–Crippen LogP) is 3.34.